The lowest BCUT2D eigenvalue weighted by Gasteiger charge is -2.08. The first kappa shape index (κ1) is 15.7. The lowest BCUT2D eigenvalue weighted by molar-refractivity contribution is -0.114. The van der Waals surface area contributed by atoms with Crippen molar-refractivity contribution in [2.75, 3.05) is 11.1 Å². The molecule has 0 bridgehead atoms. The van der Waals surface area contributed by atoms with Gasteiger partial charge in [0.25, 0.3) is 0 Å². The zero-order valence-corrected chi connectivity index (χ0v) is 11.6. The summed E-state index contributed by atoms with van der Waals surface area (Å²) in [5.41, 5.74) is 7.98. The quantitative estimate of drug-likeness (QED) is 0.648. The summed E-state index contributed by atoms with van der Waals surface area (Å²) in [6.07, 6.45) is 6.12. The van der Waals surface area contributed by atoms with E-state index in [0.717, 1.165) is 0 Å². The van der Waals surface area contributed by atoms with Crippen molar-refractivity contribution in [3.8, 4) is 0 Å². The number of nitrogens with zero attached hydrogens (tertiary/aromatic N) is 1. The minimum absolute atomic E-state index is 0. The maximum absolute atomic E-state index is 11.1. The number of rotatable bonds is 2. The zero-order valence-electron chi connectivity index (χ0n) is 10.8. The van der Waals surface area contributed by atoms with Crippen LogP contribution in [0.3, 0.4) is 0 Å². The van der Waals surface area contributed by atoms with E-state index in [2.05, 4.69) is 10.3 Å². The Morgan fingerprint density at radius 2 is 1.85 bits per heavy atom. The lowest BCUT2D eigenvalue weighted by atomic mass is 10.1. The second-order valence-corrected chi connectivity index (χ2v) is 4.06. The Bertz CT molecular complexity index is 615. The topological polar surface area (TPSA) is 84.6 Å². The summed E-state index contributed by atoms with van der Waals surface area (Å²) in [5, 5.41) is 2.67. The molecule has 5 nitrogen and oxygen atoms in total. The average Bonchev–Trinajstić information content (AvgIpc) is 2.34. The first-order chi connectivity index (χ1) is 9.04. The van der Waals surface area contributed by atoms with Crippen LogP contribution in [-0.4, -0.2) is 17.4 Å². The summed E-state index contributed by atoms with van der Waals surface area (Å²) in [6.45, 7) is 1.42. The van der Waals surface area contributed by atoms with E-state index in [9.17, 15) is 9.59 Å². The highest BCUT2D eigenvalue weighted by molar-refractivity contribution is 6.17. The fourth-order valence-corrected chi connectivity index (χ4v) is 1.60. The number of nitrogens with one attached hydrogen (secondary N) is 1. The van der Waals surface area contributed by atoms with Gasteiger partial charge in [0.2, 0.25) is 5.91 Å². The van der Waals surface area contributed by atoms with E-state index in [1.165, 1.54) is 19.1 Å². The van der Waals surface area contributed by atoms with Crippen molar-refractivity contribution in [3.05, 3.63) is 42.5 Å². The normalized spacial score (nSPS) is 12.8. The molecule has 1 amide bonds. The number of carbonyl (C=O) groups excluding carboxylic acids is 2. The molecule has 3 N–H and O–H groups in total. The molecular formula is C14H14ClN3O2. The first-order valence-corrected chi connectivity index (χ1v) is 5.70. The number of aliphatic imine (C=N–C) groups is 1. The van der Waals surface area contributed by atoms with Crippen molar-refractivity contribution in [2.24, 2.45) is 4.99 Å². The summed E-state index contributed by atoms with van der Waals surface area (Å²) >= 11 is 0. The number of allylic oxidation sites excluding steroid dienone is 4. The number of hydrogen-bond donors (Lipinski definition) is 2. The van der Waals surface area contributed by atoms with Gasteiger partial charge in [-0.05, 0) is 42.5 Å². The van der Waals surface area contributed by atoms with Gasteiger partial charge >= 0.3 is 0 Å². The van der Waals surface area contributed by atoms with Gasteiger partial charge in [0.15, 0.2) is 5.78 Å². The summed E-state index contributed by atoms with van der Waals surface area (Å²) in [5.74, 6) is -0.268. The number of benzene rings is 1. The molecule has 0 spiro atoms. The van der Waals surface area contributed by atoms with Gasteiger partial charge in [-0.3, -0.25) is 9.59 Å². The average molecular weight is 292 g/mol. The van der Waals surface area contributed by atoms with Gasteiger partial charge in [-0.15, -0.1) is 12.4 Å². The molecule has 0 saturated carbocycles. The summed E-state index contributed by atoms with van der Waals surface area (Å²) < 4.78 is 0. The van der Waals surface area contributed by atoms with Gasteiger partial charge in [0.1, 0.15) is 0 Å². The molecule has 20 heavy (non-hydrogen) atoms. The summed E-state index contributed by atoms with van der Waals surface area (Å²) in [4.78, 5) is 26.5. The molecule has 0 heterocycles. The van der Waals surface area contributed by atoms with Gasteiger partial charge < -0.3 is 11.1 Å². The van der Waals surface area contributed by atoms with Gasteiger partial charge in [0, 0.05) is 12.6 Å². The molecule has 0 fully saturated rings. The van der Waals surface area contributed by atoms with Gasteiger partial charge in [-0.2, -0.15) is 0 Å². The third-order valence-electron chi connectivity index (χ3n) is 2.42. The fraction of sp³-hybridized carbons (Fsp3) is 0.0714. The van der Waals surface area contributed by atoms with Crippen molar-refractivity contribution in [1.29, 1.82) is 0 Å². The maximum Gasteiger partial charge on any atom is 0.221 e. The molecule has 0 radical (unpaired) electrons. The van der Waals surface area contributed by atoms with Crippen molar-refractivity contribution in [3.63, 3.8) is 0 Å². The number of nitrogen functional groups attached to an aromatic ring is 1. The van der Waals surface area contributed by atoms with Crippen molar-refractivity contribution in [1.82, 2.24) is 0 Å². The van der Waals surface area contributed by atoms with E-state index in [-0.39, 0.29) is 24.1 Å². The van der Waals surface area contributed by atoms with E-state index in [0.29, 0.717) is 22.8 Å². The van der Waals surface area contributed by atoms with Crippen LogP contribution in [0.15, 0.2) is 47.5 Å². The first-order valence-electron chi connectivity index (χ1n) is 5.70. The number of hydrogen-bond acceptors (Lipinski definition) is 4. The van der Waals surface area contributed by atoms with Crippen LogP contribution < -0.4 is 11.1 Å². The van der Waals surface area contributed by atoms with Crippen molar-refractivity contribution in [2.45, 2.75) is 6.92 Å². The molecule has 0 atom stereocenters. The van der Waals surface area contributed by atoms with Crippen LogP contribution in [0.5, 0.6) is 0 Å². The summed E-state index contributed by atoms with van der Waals surface area (Å²) in [6, 6.07) is 5.06. The zero-order chi connectivity index (χ0) is 13.8. The fourth-order valence-electron chi connectivity index (χ4n) is 1.60. The van der Waals surface area contributed by atoms with E-state index in [4.69, 9.17) is 5.73 Å². The lowest BCUT2D eigenvalue weighted by Crippen LogP contribution is -2.06. The summed E-state index contributed by atoms with van der Waals surface area (Å²) in [7, 11) is 0. The van der Waals surface area contributed by atoms with Crippen LogP contribution >= 0.6 is 12.4 Å². The molecule has 6 heteroatoms. The third kappa shape index (κ3) is 4.07. The largest absolute Gasteiger partial charge is 0.399 e. The van der Waals surface area contributed by atoms with E-state index in [1.54, 1.807) is 30.4 Å². The van der Waals surface area contributed by atoms with Crippen LogP contribution in [0, 0.1) is 0 Å². The highest BCUT2D eigenvalue weighted by Gasteiger charge is 2.06. The molecular weight excluding hydrogens is 278 g/mol. The van der Waals surface area contributed by atoms with Crippen molar-refractivity contribution >= 4 is 46.9 Å². The second-order valence-electron chi connectivity index (χ2n) is 4.06. The number of nitrogens with two attached hydrogens (primary N) is 1. The van der Waals surface area contributed by atoms with Crippen LogP contribution in [0.2, 0.25) is 0 Å². The molecule has 1 aliphatic carbocycles. The molecule has 0 aromatic heterocycles. The Hall–Kier alpha value is -2.40. The molecule has 104 valence electrons. The number of amides is 1. The monoisotopic (exact) mass is 291 g/mol. The number of halogens is 1. The highest BCUT2D eigenvalue weighted by Crippen LogP contribution is 2.27. The molecule has 2 rings (SSSR count). The second kappa shape index (κ2) is 6.68. The highest BCUT2D eigenvalue weighted by atomic mass is 35.5. The Morgan fingerprint density at radius 1 is 1.20 bits per heavy atom. The molecule has 1 aromatic carbocycles. The van der Waals surface area contributed by atoms with E-state index in [1.807, 2.05) is 0 Å². The van der Waals surface area contributed by atoms with Crippen molar-refractivity contribution < 1.29 is 9.59 Å². The Labute approximate surface area is 122 Å². The molecule has 1 aliphatic rings. The van der Waals surface area contributed by atoms with E-state index < -0.39 is 0 Å². The predicted molar refractivity (Wildman–Crippen MR) is 82.8 cm³/mol. The Kier molecular flexibility index (Phi) is 5.23. The third-order valence-corrected chi connectivity index (χ3v) is 2.42. The Morgan fingerprint density at radius 3 is 2.45 bits per heavy atom. The van der Waals surface area contributed by atoms with Crippen LogP contribution in [0.25, 0.3) is 0 Å². The van der Waals surface area contributed by atoms with Gasteiger partial charge in [0.05, 0.1) is 17.1 Å². The predicted octanol–water partition coefficient (Wildman–Crippen LogP) is 2.42. The van der Waals surface area contributed by atoms with Crippen LogP contribution in [-0.2, 0) is 9.59 Å². The standard InChI is InChI=1S/C14H13N3O2.ClH/c1-9(18)16-14-8-10(15)2-7-13(14)17-11-3-5-12(19)6-4-11;/h2-8H,15H2,1H3,(H,16,18);1H. The van der Waals surface area contributed by atoms with Gasteiger partial charge in [-0.1, -0.05) is 0 Å². The number of anilines is 2. The number of ketones is 1. The Balaban J connectivity index is 0.00000200. The smallest absolute Gasteiger partial charge is 0.221 e. The molecule has 0 unspecified atom stereocenters. The molecule has 0 aliphatic heterocycles. The molecule has 1 aromatic rings. The van der Waals surface area contributed by atoms with Gasteiger partial charge in [-0.25, -0.2) is 4.99 Å². The van der Waals surface area contributed by atoms with Crippen LogP contribution in [0.1, 0.15) is 6.92 Å². The van der Waals surface area contributed by atoms with E-state index >= 15 is 0 Å². The number of carbonyl (C=O) groups is 2. The minimum atomic E-state index is -0.197. The SMILES string of the molecule is CC(=O)Nc1cc(N)ccc1N=C1C=CC(=O)C=C1.Cl. The minimum Gasteiger partial charge on any atom is -0.399 e. The van der Waals surface area contributed by atoms with Crippen LogP contribution in [0.4, 0.5) is 17.1 Å². The maximum atomic E-state index is 11.1. The molecule has 0 saturated heterocycles.